The molecule has 112 valence electrons. The molecule has 1 fully saturated rings. The third-order valence-electron chi connectivity index (χ3n) is 4.29. The zero-order valence-electron chi connectivity index (χ0n) is 12.9. The summed E-state index contributed by atoms with van der Waals surface area (Å²) in [5.74, 6) is 0.980. The Morgan fingerprint density at radius 3 is 3.10 bits per heavy atom. The van der Waals surface area contributed by atoms with Gasteiger partial charge in [0.05, 0.1) is 0 Å². The Morgan fingerprint density at radius 1 is 1.35 bits per heavy atom. The minimum absolute atomic E-state index is 0.931. The minimum Gasteiger partial charge on any atom is -0.311 e. The molecule has 2 rings (SSSR count). The number of rotatable bonds is 7. The van der Waals surface area contributed by atoms with Crippen molar-refractivity contribution in [3.05, 3.63) is 30.1 Å². The molecule has 0 aromatic carbocycles. The van der Waals surface area contributed by atoms with Crippen molar-refractivity contribution in [2.75, 3.05) is 26.2 Å². The molecule has 0 spiro atoms. The molecular weight excluding hydrogens is 246 g/mol. The summed E-state index contributed by atoms with van der Waals surface area (Å²) >= 11 is 0. The molecule has 1 aliphatic heterocycles. The van der Waals surface area contributed by atoms with Crippen molar-refractivity contribution >= 4 is 0 Å². The fraction of sp³-hybridized carbons (Fsp3) is 0.706. The lowest BCUT2D eigenvalue weighted by Crippen LogP contribution is -2.32. The van der Waals surface area contributed by atoms with E-state index in [2.05, 4.69) is 28.2 Å². The van der Waals surface area contributed by atoms with Gasteiger partial charge < -0.3 is 10.2 Å². The Balaban J connectivity index is 1.60. The van der Waals surface area contributed by atoms with E-state index < -0.39 is 0 Å². The molecule has 3 nitrogen and oxygen atoms in total. The van der Waals surface area contributed by atoms with Gasteiger partial charge in [0.15, 0.2) is 0 Å². The maximum atomic E-state index is 4.14. The number of likely N-dealkylation sites (tertiary alicyclic amines) is 1. The Morgan fingerprint density at radius 2 is 2.30 bits per heavy atom. The molecule has 1 aromatic heterocycles. The first-order chi connectivity index (χ1) is 9.88. The van der Waals surface area contributed by atoms with Crippen LogP contribution in [0.25, 0.3) is 0 Å². The van der Waals surface area contributed by atoms with Crippen LogP contribution in [0.1, 0.15) is 44.6 Å². The van der Waals surface area contributed by atoms with Crippen LogP contribution in [0, 0.1) is 5.92 Å². The molecule has 3 heteroatoms. The fourth-order valence-corrected chi connectivity index (χ4v) is 3.12. The van der Waals surface area contributed by atoms with E-state index in [0.29, 0.717) is 0 Å². The van der Waals surface area contributed by atoms with Gasteiger partial charge in [0, 0.05) is 32.0 Å². The third-order valence-corrected chi connectivity index (χ3v) is 4.29. The third kappa shape index (κ3) is 5.59. The molecule has 1 saturated heterocycles. The van der Waals surface area contributed by atoms with Gasteiger partial charge in [0.25, 0.3) is 0 Å². The zero-order chi connectivity index (χ0) is 14.0. The van der Waals surface area contributed by atoms with Crippen LogP contribution >= 0.6 is 0 Å². The van der Waals surface area contributed by atoms with Crippen molar-refractivity contribution < 1.29 is 0 Å². The van der Waals surface area contributed by atoms with Crippen LogP contribution < -0.4 is 5.32 Å². The average molecular weight is 275 g/mol. The second-order valence-corrected chi connectivity index (χ2v) is 5.97. The highest BCUT2D eigenvalue weighted by Gasteiger charge is 2.15. The Labute approximate surface area is 123 Å². The molecule has 0 amide bonds. The van der Waals surface area contributed by atoms with Crippen molar-refractivity contribution in [1.29, 1.82) is 0 Å². The average Bonchev–Trinajstić information content (AvgIpc) is 2.71. The van der Waals surface area contributed by atoms with Gasteiger partial charge in [-0.1, -0.05) is 25.8 Å². The van der Waals surface area contributed by atoms with Gasteiger partial charge in [-0.2, -0.15) is 0 Å². The highest BCUT2D eigenvalue weighted by atomic mass is 15.1. The normalized spacial score (nSPS) is 20.8. The summed E-state index contributed by atoms with van der Waals surface area (Å²) in [5, 5.41) is 3.52. The first kappa shape index (κ1) is 15.5. The molecular formula is C17H29N3. The second kappa shape index (κ2) is 9.09. The van der Waals surface area contributed by atoms with E-state index in [0.717, 1.165) is 19.0 Å². The van der Waals surface area contributed by atoms with Gasteiger partial charge in [0.1, 0.15) is 0 Å². The molecule has 1 aromatic rings. The summed E-state index contributed by atoms with van der Waals surface area (Å²) in [4.78, 5) is 6.77. The van der Waals surface area contributed by atoms with Gasteiger partial charge in [-0.3, -0.25) is 4.98 Å². The first-order valence-electron chi connectivity index (χ1n) is 8.20. The first-order valence-corrected chi connectivity index (χ1v) is 8.20. The SMILES string of the molecule is CCCC1CCCN(CCNCc2cccnc2)CC1. The van der Waals surface area contributed by atoms with Crippen LogP contribution in [0.3, 0.4) is 0 Å². The smallest absolute Gasteiger partial charge is 0.0312 e. The predicted molar refractivity (Wildman–Crippen MR) is 84.6 cm³/mol. The van der Waals surface area contributed by atoms with E-state index >= 15 is 0 Å². The highest BCUT2D eigenvalue weighted by Crippen LogP contribution is 2.21. The summed E-state index contributed by atoms with van der Waals surface area (Å²) in [6, 6.07) is 4.13. The lowest BCUT2D eigenvalue weighted by Gasteiger charge is -2.20. The standard InChI is InChI=1S/C17H29N3/c1-2-5-16-7-4-11-20(12-8-16)13-10-19-15-17-6-3-9-18-14-17/h3,6,9,14,16,19H,2,4-5,7-8,10-13,15H2,1H3. The summed E-state index contributed by atoms with van der Waals surface area (Å²) in [6.45, 7) is 8.08. The maximum Gasteiger partial charge on any atom is 0.0312 e. The number of nitrogens with one attached hydrogen (secondary N) is 1. The molecule has 1 atom stereocenters. The van der Waals surface area contributed by atoms with Crippen molar-refractivity contribution in [3.8, 4) is 0 Å². The van der Waals surface area contributed by atoms with Gasteiger partial charge in [-0.15, -0.1) is 0 Å². The maximum absolute atomic E-state index is 4.14. The molecule has 0 bridgehead atoms. The van der Waals surface area contributed by atoms with Crippen molar-refractivity contribution in [2.24, 2.45) is 5.92 Å². The van der Waals surface area contributed by atoms with Crippen molar-refractivity contribution in [2.45, 2.75) is 45.6 Å². The molecule has 0 saturated carbocycles. The van der Waals surface area contributed by atoms with Crippen LogP contribution in [0.4, 0.5) is 0 Å². The molecule has 0 radical (unpaired) electrons. The lowest BCUT2D eigenvalue weighted by molar-refractivity contribution is 0.278. The van der Waals surface area contributed by atoms with Crippen molar-refractivity contribution in [1.82, 2.24) is 15.2 Å². The van der Waals surface area contributed by atoms with Crippen LogP contribution in [0.5, 0.6) is 0 Å². The summed E-state index contributed by atoms with van der Waals surface area (Å²) in [7, 11) is 0. The number of hydrogen-bond acceptors (Lipinski definition) is 3. The molecule has 0 aliphatic carbocycles. The Bertz CT molecular complexity index is 353. The monoisotopic (exact) mass is 275 g/mol. The summed E-state index contributed by atoms with van der Waals surface area (Å²) in [5.41, 5.74) is 1.27. The van der Waals surface area contributed by atoms with E-state index in [9.17, 15) is 0 Å². The number of aromatic nitrogens is 1. The zero-order valence-corrected chi connectivity index (χ0v) is 12.9. The quantitative estimate of drug-likeness (QED) is 0.775. The van der Waals surface area contributed by atoms with E-state index in [-0.39, 0.29) is 0 Å². The Hall–Kier alpha value is -0.930. The van der Waals surface area contributed by atoms with E-state index in [1.165, 1.54) is 57.3 Å². The van der Waals surface area contributed by atoms with Gasteiger partial charge in [0.2, 0.25) is 0 Å². The minimum atomic E-state index is 0.931. The molecule has 1 aliphatic rings. The van der Waals surface area contributed by atoms with E-state index in [1.807, 2.05) is 18.5 Å². The molecule has 20 heavy (non-hydrogen) atoms. The number of nitrogens with zero attached hydrogens (tertiary/aromatic N) is 2. The molecule has 1 unspecified atom stereocenters. The predicted octanol–water partition coefficient (Wildman–Crippen LogP) is 3.07. The van der Waals surface area contributed by atoms with E-state index in [4.69, 9.17) is 0 Å². The molecule has 2 heterocycles. The topological polar surface area (TPSA) is 28.2 Å². The van der Waals surface area contributed by atoms with Crippen LogP contribution in [-0.2, 0) is 6.54 Å². The van der Waals surface area contributed by atoms with Gasteiger partial charge in [-0.05, 0) is 49.9 Å². The summed E-state index contributed by atoms with van der Waals surface area (Å²) in [6.07, 6.45) is 10.8. The van der Waals surface area contributed by atoms with Crippen LogP contribution in [0.15, 0.2) is 24.5 Å². The number of hydrogen-bond donors (Lipinski definition) is 1. The summed E-state index contributed by atoms with van der Waals surface area (Å²) < 4.78 is 0. The van der Waals surface area contributed by atoms with Gasteiger partial charge >= 0.3 is 0 Å². The van der Waals surface area contributed by atoms with E-state index in [1.54, 1.807) is 0 Å². The highest BCUT2D eigenvalue weighted by molar-refractivity contribution is 5.07. The largest absolute Gasteiger partial charge is 0.311 e. The van der Waals surface area contributed by atoms with Gasteiger partial charge in [-0.25, -0.2) is 0 Å². The molecule has 1 N–H and O–H groups in total. The van der Waals surface area contributed by atoms with Crippen LogP contribution in [-0.4, -0.2) is 36.1 Å². The van der Waals surface area contributed by atoms with Crippen molar-refractivity contribution in [3.63, 3.8) is 0 Å². The lowest BCUT2D eigenvalue weighted by atomic mass is 9.96. The fourth-order valence-electron chi connectivity index (χ4n) is 3.12. The van der Waals surface area contributed by atoms with Crippen LogP contribution in [0.2, 0.25) is 0 Å². The second-order valence-electron chi connectivity index (χ2n) is 5.97. The number of pyridine rings is 1. The Kier molecular flexibility index (Phi) is 7.02.